The van der Waals surface area contributed by atoms with Crippen molar-refractivity contribution in [3.05, 3.63) is 24.3 Å². The van der Waals surface area contributed by atoms with Crippen LogP contribution >= 0.6 is 0 Å². The zero-order chi connectivity index (χ0) is 14.9. The first-order chi connectivity index (χ1) is 10.1. The van der Waals surface area contributed by atoms with E-state index in [4.69, 9.17) is 0 Å². The van der Waals surface area contributed by atoms with E-state index in [1.54, 1.807) is 24.3 Å². The van der Waals surface area contributed by atoms with Crippen LogP contribution in [0.15, 0.2) is 29.2 Å². The molecule has 5 heteroatoms. The first-order valence-corrected chi connectivity index (χ1v) is 9.27. The number of hydrogen-bond acceptors (Lipinski definition) is 3. The lowest BCUT2D eigenvalue weighted by molar-refractivity contribution is -0.122. The van der Waals surface area contributed by atoms with Gasteiger partial charge in [-0.25, -0.2) is 8.42 Å². The Morgan fingerprint density at radius 1 is 1.05 bits per heavy atom. The van der Waals surface area contributed by atoms with Crippen LogP contribution in [0, 0.1) is 5.92 Å². The fraction of sp³-hybridized carbons (Fsp3) is 0.562. The Labute approximate surface area is 125 Å². The van der Waals surface area contributed by atoms with Crippen LogP contribution in [0.1, 0.15) is 44.9 Å². The average Bonchev–Trinajstić information content (AvgIpc) is 2.91. The van der Waals surface area contributed by atoms with Crippen molar-refractivity contribution in [2.75, 3.05) is 5.32 Å². The normalized spacial score (nSPS) is 20.2. The number of rotatable bonds is 4. The van der Waals surface area contributed by atoms with Crippen molar-refractivity contribution in [1.82, 2.24) is 0 Å². The Bertz CT molecular complexity index is 629. The molecule has 1 aromatic rings. The topological polar surface area (TPSA) is 63.2 Å². The molecule has 114 valence electrons. The Morgan fingerprint density at radius 2 is 1.76 bits per heavy atom. The summed E-state index contributed by atoms with van der Waals surface area (Å²) in [5.41, 5.74) is 0.589. The second-order valence-corrected chi connectivity index (χ2v) is 8.32. The second-order valence-electron chi connectivity index (χ2n) is 6.10. The molecular formula is C16H21NO3S. The zero-order valence-electron chi connectivity index (χ0n) is 12.0. The summed E-state index contributed by atoms with van der Waals surface area (Å²) in [5.74, 6) is 0.108. The van der Waals surface area contributed by atoms with Crippen LogP contribution in [0.2, 0.25) is 0 Å². The number of carbonyl (C=O) groups excluding carboxylic acids is 1. The molecular weight excluding hydrogens is 286 g/mol. The van der Waals surface area contributed by atoms with E-state index in [9.17, 15) is 13.2 Å². The van der Waals surface area contributed by atoms with E-state index in [0.717, 1.165) is 44.9 Å². The minimum Gasteiger partial charge on any atom is -0.326 e. The lowest BCUT2D eigenvalue weighted by Crippen LogP contribution is -2.28. The largest absolute Gasteiger partial charge is 0.326 e. The number of carbonyl (C=O) groups is 1. The third-order valence-electron chi connectivity index (χ3n) is 4.65. The summed E-state index contributed by atoms with van der Waals surface area (Å²) in [7, 11) is -3.26. The Kier molecular flexibility index (Phi) is 4.02. The van der Waals surface area contributed by atoms with Crippen molar-refractivity contribution in [2.45, 2.75) is 55.1 Å². The van der Waals surface area contributed by atoms with Crippen LogP contribution < -0.4 is 5.32 Å². The van der Waals surface area contributed by atoms with Gasteiger partial charge in [0.15, 0.2) is 9.84 Å². The molecule has 2 aliphatic carbocycles. The highest BCUT2D eigenvalue weighted by Crippen LogP contribution is 2.31. The molecule has 0 bridgehead atoms. The maximum absolute atomic E-state index is 12.6. The SMILES string of the molecule is O=C(Nc1cccc(S(=O)(=O)C2CCCC2)c1)C1CCC1. The minimum atomic E-state index is -3.26. The Morgan fingerprint density at radius 3 is 2.38 bits per heavy atom. The number of nitrogens with one attached hydrogen (secondary N) is 1. The molecule has 0 unspecified atom stereocenters. The number of hydrogen-bond donors (Lipinski definition) is 1. The smallest absolute Gasteiger partial charge is 0.227 e. The lowest BCUT2D eigenvalue weighted by atomic mass is 9.85. The second kappa shape index (κ2) is 5.79. The van der Waals surface area contributed by atoms with Gasteiger partial charge in [-0.3, -0.25) is 4.79 Å². The molecule has 0 spiro atoms. The minimum absolute atomic E-state index is 0.0108. The molecule has 0 radical (unpaired) electrons. The van der Waals surface area contributed by atoms with Gasteiger partial charge in [0, 0.05) is 11.6 Å². The maximum Gasteiger partial charge on any atom is 0.227 e. The fourth-order valence-electron chi connectivity index (χ4n) is 3.06. The predicted octanol–water partition coefficient (Wildman–Crippen LogP) is 3.14. The van der Waals surface area contributed by atoms with Crippen molar-refractivity contribution in [2.24, 2.45) is 5.92 Å². The van der Waals surface area contributed by atoms with Crippen molar-refractivity contribution >= 4 is 21.4 Å². The highest BCUT2D eigenvalue weighted by atomic mass is 32.2. The van der Waals surface area contributed by atoms with E-state index in [0.29, 0.717) is 10.6 Å². The molecule has 3 rings (SSSR count). The molecule has 0 saturated heterocycles. The van der Waals surface area contributed by atoms with E-state index in [2.05, 4.69) is 5.32 Å². The van der Waals surface area contributed by atoms with Gasteiger partial charge in [0.05, 0.1) is 10.1 Å². The molecule has 1 N–H and O–H groups in total. The molecule has 1 aromatic carbocycles. The van der Waals surface area contributed by atoms with Gasteiger partial charge in [-0.2, -0.15) is 0 Å². The van der Waals surface area contributed by atoms with Crippen LogP contribution in [0.3, 0.4) is 0 Å². The van der Waals surface area contributed by atoms with Gasteiger partial charge in [0.2, 0.25) is 5.91 Å². The maximum atomic E-state index is 12.6. The number of benzene rings is 1. The molecule has 2 aliphatic rings. The summed E-state index contributed by atoms with van der Waals surface area (Å²) in [6, 6.07) is 6.69. The summed E-state index contributed by atoms with van der Waals surface area (Å²) >= 11 is 0. The molecule has 0 aliphatic heterocycles. The summed E-state index contributed by atoms with van der Waals surface area (Å²) in [4.78, 5) is 12.3. The first kappa shape index (κ1) is 14.6. The standard InChI is InChI=1S/C16H21NO3S/c18-16(12-5-3-6-12)17-13-7-4-10-15(11-13)21(19,20)14-8-1-2-9-14/h4,7,10-12,14H,1-3,5-6,8-9H2,(H,17,18). The summed E-state index contributed by atoms with van der Waals surface area (Å²) < 4.78 is 25.1. The van der Waals surface area contributed by atoms with E-state index >= 15 is 0 Å². The van der Waals surface area contributed by atoms with Crippen molar-refractivity contribution in [3.8, 4) is 0 Å². The summed E-state index contributed by atoms with van der Waals surface area (Å²) in [6.45, 7) is 0. The van der Waals surface area contributed by atoms with Crippen molar-refractivity contribution < 1.29 is 13.2 Å². The van der Waals surface area contributed by atoms with Crippen LogP contribution in [0.4, 0.5) is 5.69 Å². The molecule has 0 heterocycles. The summed E-state index contributed by atoms with van der Waals surface area (Å²) in [5, 5.41) is 2.59. The third kappa shape index (κ3) is 2.98. The molecule has 0 aromatic heterocycles. The van der Waals surface area contributed by atoms with Gasteiger partial charge in [-0.15, -0.1) is 0 Å². The van der Waals surface area contributed by atoms with E-state index < -0.39 is 9.84 Å². The van der Waals surface area contributed by atoms with Gasteiger partial charge in [-0.1, -0.05) is 25.3 Å². The quantitative estimate of drug-likeness (QED) is 0.929. The molecule has 0 atom stereocenters. The molecule has 2 saturated carbocycles. The Hall–Kier alpha value is -1.36. The molecule has 21 heavy (non-hydrogen) atoms. The van der Waals surface area contributed by atoms with Gasteiger partial charge >= 0.3 is 0 Å². The number of sulfone groups is 1. The third-order valence-corrected chi connectivity index (χ3v) is 6.91. The van der Waals surface area contributed by atoms with E-state index in [1.165, 1.54) is 0 Å². The fourth-order valence-corrected chi connectivity index (χ4v) is 4.96. The lowest BCUT2D eigenvalue weighted by Gasteiger charge is -2.24. The van der Waals surface area contributed by atoms with Gasteiger partial charge in [-0.05, 0) is 43.9 Å². The zero-order valence-corrected chi connectivity index (χ0v) is 12.9. The first-order valence-electron chi connectivity index (χ1n) is 7.72. The van der Waals surface area contributed by atoms with Crippen molar-refractivity contribution in [3.63, 3.8) is 0 Å². The number of amides is 1. The van der Waals surface area contributed by atoms with Gasteiger partial charge in [0.25, 0.3) is 0 Å². The average molecular weight is 307 g/mol. The summed E-state index contributed by atoms with van der Waals surface area (Å²) in [6.07, 6.45) is 6.46. The highest BCUT2D eigenvalue weighted by molar-refractivity contribution is 7.92. The van der Waals surface area contributed by atoms with Gasteiger partial charge < -0.3 is 5.32 Å². The van der Waals surface area contributed by atoms with E-state index in [1.807, 2.05) is 0 Å². The number of anilines is 1. The highest BCUT2D eigenvalue weighted by Gasteiger charge is 2.30. The predicted molar refractivity (Wildman–Crippen MR) is 81.9 cm³/mol. The van der Waals surface area contributed by atoms with Crippen LogP contribution in [-0.4, -0.2) is 19.6 Å². The van der Waals surface area contributed by atoms with E-state index in [-0.39, 0.29) is 17.1 Å². The van der Waals surface area contributed by atoms with Gasteiger partial charge in [0.1, 0.15) is 0 Å². The van der Waals surface area contributed by atoms with Crippen LogP contribution in [0.25, 0.3) is 0 Å². The molecule has 2 fully saturated rings. The van der Waals surface area contributed by atoms with Crippen LogP contribution in [-0.2, 0) is 14.6 Å². The monoisotopic (exact) mass is 307 g/mol. The molecule has 1 amide bonds. The Balaban J connectivity index is 1.77. The van der Waals surface area contributed by atoms with Crippen molar-refractivity contribution in [1.29, 1.82) is 0 Å². The van der Waals surface area contributed by atoms with Crippen LogP contribution in [0.5, 0.6) is 0 Å². The molecule has 4 nitrogen and oxygen atoms in total.